The van der Waals surface area contributed by atoms with Crippen LogP contribution in [0.25, 0.3) is 0 Å². The summed E-state index contributed by atoms with van der Waals surface area (Å²) < 4.78 is 5.59. The summed E-state index contributed by atoms with van der Waals surface area (Å²) >= 11 is 0. The number of aryl methyl sites for hydroxylation is 2. The van der Waals surface area contributed by atoms with Crippen LogP contribution in [0, 0.1) is 6.92 Å². The van der Waals surface area contributed by atoms with Gasteiger partial charge in [-0.2, -0.15) is 0 Å². The fourth-order valence-corrected chi connectivity index (χ4v) is 2.09. The molecule has 1 saturated heterocycles. The van der Waals surface area contributed by atoms with Gasteiger partial charge in [0.25, 0.3) is 0 Å². The number of hydrogen-bond donors (Lipinski definition) is 1. The monoisotopic (exact) mass is 194 g/mol. The molecule has 0 aromatic carbocycles. The van der Waals surface area contributed by atoms with Gasteiger partial charge in [-0.05, 0) is 32.9 Å². The summed E-state index contributed by atoms with van der Waals surface area (Å²) in [5, 5.41) is 3.37. The Balaban J connectivity index is 2.17. The highest BCUT2D eigenvalue weighted by molar-refractivity contribution is 5.14. The van der Waals surface area contributed by atoms with Gasteiger partial charge in [0.05, 0.1) is 5.69 Å². The maximum Gasteiger partial charge on any atom is 0.194 e. The van der Waals surface area contributed by atoms with E-state index < -0.39 is 0 Å². The van der Waals surface area contributed by atoms with Gasteiger partial charge in [-0.25, -0.2) is 4.98 Å². The lowest BCUT2D eigenvalue weighted by Gasteiger charge is -2.20. The van der Waals surface area contributed by atoms with Gasteiger partial charge < -0.3 is 9.73 Å². The quantitative estimate of drug-likeness (QED) is 0.782. The lowest BCUT2D eigenvalue weighted by Crippen LogP contribution is -2.27. The first-order chi connectivity index (χ1) is 6.81. The van der Waals surface area contributed by atoms with Crippen molar-refractivity contribution in [3.05, 3.63) is 17.3 Å². The number of nitrogens with one attached hydrogen (secondary N) is 1. The second-order valence-corrected chi connectivity index (χ2v) is 3.93. The number of piperidine rings is 1. The van der Waals surface area contributed by atoms with E-state index in [1.54, 1.807) is 0 Å². The number of rotatable bonds is 2. The zero-order valence-electron chi connectivity index (χ0n) is 8.97. The van der Waals surface area contributed by atoms with Crippen molar-refractivity contribution in [2.24, 2.45) is 0 Å². The van der Waals surface area contributed by atoms with Crippen molar-refractivity contribution in [3.63, 3.8) is 0 Å². The number of oxazole rings is 1. The molecule has 1 N–H and O–H groups in total. The summed E-state index contributed by atoms with van der Waals surface area (Å²) in [7, 11) is 0. The number of aromatic nitrogens is 1. The van der Waals surface area contributed by atoms with Crippen LogP contribution in [0.2, 0.25) is 0 Å². The van der Waals surface area contributed by atoms with Crippen LogP contribution >= 0.6 is 0 Å². The fourth-order valence-electron chi connectivity index (χ4n) is 2.09. The van der Waals surface area contributed by atoms with Crippen molar-refractivity contribution in [1.82, 2.24) is 10.3 Å². The molecular weight excluding hydrogens is 176 g/mol. The molecule has 1 aromatic heterocycles. The minimum absolute atomic E-state index is 0.611. The van der Waals surface area contributed by atoms with Crippen LogP contribution in [0.15, 0.2) is 4.42 Å². The number of nitrogens with zero attached hydrogens (tertiary/aromatic N) is 1. The highest BCUT2D eigenvalue weighted by atomic mass is 16.4. The molecule has 3 nitrogen and oxygen atoms in total. The molecular formula is C11H18N2O. The molecule has 0 radical (unpaired) electrons. The minimum Gasteiger partial charge on any atom is -0.446 e. The first-order valence-corrected chi connectivity index (χ1v) is 5.48. The van der Waals surface area contributed by atoms with Gasteiger partial charge in [0.2, 0.25) is 0 Å². The Morgan fingerprint density at radius 1 is 1.43 bits per heavy atom. The molecule has 0 saturated carbocycles. The summed E-state index contributed by atoms with van der Waals surface area (Å²) in [4.78, 5) is 4.56. The van der Waals surface area contributed by atoms with E-state index in [2.05, 4.69) is 17.2 Å². The fraction of sp³-hybridized carbons (Fsp3) is 0.727. The normalized spacial score (nSPS) is 18.7. The van der Waals surface area contributed by atoms with E-state index in [4.69, 9.17) is 4.42 Å². The van der Waals surface area contributed by atoms with E-state index in [1.807, 2.05) is 6.92 Å². The molecule has 3 heteroatoms. The standard InChI is InChI=1S/C11H18N2O/c1-3-10-13-11(8(2)14-10)9-4-6-12-7-5-9/h9,12H,3-7H2,1-2H3. The van der Waals surface area contributed by atoms with E-state index in [-0.39, 0.29) is 0 Å². The van der Waals surface area contributed by atoms with Gasteiger partial charge in [-0.1, -0.05) is 6.92 Å². The van der Waals surface area contributed by atoms with Crippen molar-refractivity contribution in [1.29, 1.82) is 0 Å². The molecule has 0 spiro atoms. The van der Waals surface area contributed by atoms with E-state index in [1.165, 1.54) is 18.5 Å². The highest BCUT2D eigenvalue weighted by Gasteiger charge is 2.21. The molecule has 0 atom stereocenters. The first kappa shape index (κ1) is 9.71. The topological polar surface area (TPSA) is 38.1 Å². The summed E-state index contributed by atoms with van der Waals surface area (Å²) in [6.07, 6.45) is 3.28. The molecule has 78 valence electrons. The maximum absolute atomic E-state index is 5.59. The van der Waals surface area contributed by atoms with Crippen LogP contribution < -0.4 is 5.32 Å². The average molecular weight is 194 g/mol. The van der Waals surface area contributed by atoms with Crippen molar-refractivity contribution in [2.45, 2.75) is 39.0 Å². The van der Waals surface area contributed by atoms with Crippen molar-refractivity contribution in [2.75, 3.05) is 13.1 Å². The molecule has 1 aliphatic rings. The lowest BCUT2D eigenvalue weighted by molar-refractivity contribution is 0.443. The molecule has 2 rings (SSSR count). The Kier molecular flexibility index (Phi) is 2.87. The Hall–Kier alpha value is -0.830. The van der Waals surface area contributed by atoms with Crippen LogP contribution in [0.1, 0.15) is 43.0 Å². The molecule has 14 heavy (non-hydrogen) atoms. The molecule has 1 fully saturated rings. The molecule has 2 heterocycles. The predicted octanol–water partition coefficient (Wildman–Crippen LogP) is 2.01. The second kappa shape index (κ2) is 4.13. The first-order valence-electron chi connectivity index (χ1n) is 5.48. The highest BCUT2D eigenvalue weighted by Crippen LogP contribution is 2.27. The van der Waals surface area contributed by atoms with Crippen LogP contribution in [0.5, 0.6) is 0 Å². The largest absolute Gasteiger partial charge is 0.446 e. The third kappa shape index (κ3) is 1.82. The van der Waals surface area contributed by atoms with Crippen LogP contribution in [-0.2, 0) is 6.42 Å². The lowest BCUT2D eigenvalue weighted by atomic mass is 9.94. The van der Waals surface area contributed by atoms with Gasteiger partial charge in [0.15, 0.2) is 5.89 Å². The van der Waals surface area contributed by atoms with E-state index in [0.29, 0.717) is 5.92 Å². The van der Waals surface area contributed by atoms with Crippen LogP contribution in [0.4, 0.5) is 0 Å². The van der Waals surface area contributed by atoms with Crippen molar-refractivity contribution >= 4 is 0 Å². The van der Waals surface area contributed by atoms with Crippen molar-refractivity contribution < 1.29 is 4.42 Å². The summed E-state index contributed by atoms with van der Waals surface area (Å²) in [6, 6.07) is 0. The Labute approximate surface area is 84.9 Å². The zero-order valence-corrected chi connectivity index (χ0v) is 8.97. The smallest absolute Gasteiger partial charge is 0.194 e. The summed E-state index contributed by atoms with van der Waals surface area (Å²) in [5.41, 5.74) is 1.20. The minimum atomic E-state index is 0.611. The third-order valence-electron chi connectivity index (χ3n) is 2.91. The molecule has 0 unspecified atom stereocenters. The predicted molar refractivity (Wildman–Crippen MR) is 55.5 cm³/mol. The van der Waals surface area contributed by atoms with Gasteiger partial charge in [0, 0.05) is 12.3 Å². The molecule has 1 aromatic rings. The number of hydrogen-bond acceptors (Lipinski definition) is 3. The zero-order chi connectivity index (χ0) is 9.97. The average Bonchev–Trinajstić information content (AvgIpc) is 2.61. The van der Waals surface area contributed by atoms with E-state index >= 15 is 0 Å². The molecule has 0 aliphatic carbocycles. The molecule has 0 bridgehead atoms. The Morgan fingerprint density at radius 3 is 2.71 bits per heavy atom. The second-order valence-electron chi connectivity index (χ2n) is 3.93. The van der Waals surface area contributed by atoms with Gasteiger partial charge in [-0.3, -0.25) is 0 Å². The van der Waals surface area contributed by atoms with E-state index in [9.17, 15) is 0 Å². The van der Waals surface area contributed by atoms with Crippen LogP contribution in [0.3, 0.4) is 0 Å². The third-order valence-corrected chi connectivity index (χ3v) is 2.91. The Bertz CT molecular complexity index is 300. The van der Waals surface area contributed by atoms with Gasteiger partial charge in [0.1, 0.15) is 5.76 Å². The summed E-state index contributed by atoms with van der Waals surface area (Å²) in [5.74, 6) is 2.52. The van der Waals surface area contributed by atoms with Gasteiger partial charge in [-0.15, -0.1) is 0 Å². The van der Waals surface area contributed by atoms with Crippen LogP contribution in [-0.4, -0.2) is 18.1 Å². The Morgan fingerprint density at radius 2 is 2.14 bits per heavy atom. The van der Waals surface area contributed by atoms with Gasteiger partial charge >= 0.3 is 0 Å². The summed E-state index contributed by atoms with van der Waals surface area (Å²) in [6.45, 7) is 6.33. The maximum atomic E-state index is 5.59. The molecule has 1 aliphatic heterocycles. The van der Waals surface area contributed by atoms with Crippen molar-refractivity contribution in [3.8, 4) is 0 Å². The molecule has 0 amide bonds. The van der Waals surface area contributed by atoms with E-state index in [0.717, 1.165) is 31.2 Å². The SMILES string of the molecule is CCc1nc(C2CCNCC2)c(C)o1.